The monoisotopic (exact) mass is 233 g/mol. The molecule has 0 heterocycles. The number of hydrogen-bond donors (Lipinski definition) is 1. The zero-order valence-electron chi connectivity index (χ0n) is 8.04. The van der Waals surface area contributed by atoms with Crippen molar-refractivity contribution in [3.63, 3.8) is 0 Å². The van der Waals surface area contributed by atoms with E-state index in [-0.39, 0.29) is 5.75 Å². The highest BCUT2D eigenvalue weighted by Gasteiger charge is 2.08. The highest BCUT2D eigenvalue weighted by atomic mass is 35.5. The van der Waals surface area contributed by atoms with E-state index in [0.29, 0.717) is 10.7 Å². The molecule has 0 spiro atoms. The van der Waals surface area contributed by atoms with E-state index in [1.165, 1.54) is 0 Å². The molecule has 0 aromatic heterocycles. The van der Waals surface area contributed by atoms with E-state index < -0.39 is 10.0 Å². The molecule has 1 aromatic rings. The van der Waals surface area contributed by atoms with Crippen LogP contribution in [-0.4, -0.2) is 14.2 Å². The number of hydrogen-bond acceptors (Lipinski definition) is 2. The van der Waals surface area contributed by atoms with Crippen molar-refractivity contribution in [1.29, 1.82) is 0 Å². The van der Waals surface area contributed by atoms with Gasteiger partial charge < -0.3 is 0 Å². The second-order valence-corrected chi connectivity index (χ2v) is 5.41. The van der Waals surface area contributed by atoms with Crippen LogP contribution in [0, 0.1) is 6.92 Å². The van der Waals surface area contributed by atoms with E-state index in [4.69, 9.17) is 11.6 Å². The van der Waals surface area contributed by atoms with Gasteiger partial charge in [0.05, 0.1) is 16.5 Å². The summed E-state index contributed by atoms with van der Waals surface area (Å²) >= 11 is 5.87. The molecule has 0 unspecified atom stereocenters. The average Bonchev–Trinajstić information content (AvgIpc) is 2.10. The van der Waals surface area contributed by atoms with Gasteiger partial charge in [0, 0.05) is 0 Å². The molecule has 3 nitrogen and oxygen atoms in total. The molecule has 0 fully saturated rings. The van der Waals surface area contributed by atoms with Gasteiger partial charge >= 0.3 is 0 Å². The summed E-state index contributed by atoms with van der Waals surface area (Å²) in [4.78, 5) is 0. The topological polar surface area (TPSA) is 46.2 Å². The lowest BCUT2D eigenvalue weighted by molar-refractivity contribution is 0.602. The Hall–Kier alpha value is -0.740. The van der Waals surface area contributed by atoms with Crippen molar-refractivity contribution in [1.82, 2.24) is 0 Å². The lowest BCUT2D eigenvalue weighted by Gasteiger charge is -2.07. The van der Waals surface area contributed by atoms with Crippen LogP contribution in [0.25, 0.3) is 0 Å². The fourth-order valence-electron chi connectivity index (χ4n) is 0.943. The SMILES string of the molecule is CCS(=O)(=O)Nc1ccc(C)cc1Cl. The molecule has 5 heteroatoms. The van der Waals surface area contributed by atoms with E-state index in [2.05, 4.69) is 4.72 Å². The molecule has 78 valence electrons. The molecule has 0 bridgehead atoms. The van der Waals surface area contributed by atoms with Gasteiger partial charge in [-0.1, -0.05) is 17.7 Å². The minimum atomic E-state index is -3.24. The maximum Gasteiger partial charge on any atom is 0.232 e. The van der Waals surface area contributed by atoms with Crippen molar-refractivity contribution >= 4 is 27.3 Å². The summed E-state index contributed by atoms with van der Waals surface area (Å²) in [6.45, 7) is 3.47. The molecular formula is C9H12ClNO2S. The Morgan fingerprint density at radius 3 is 2.57 bits per heavy atom. The molecule has 0 saturated carbocycles. The summed E-state index contributed by atoms with van der Waals surface area (Å²) < 4.78 is 24.9. The Kier molecular flexibility index (Phi) is 3.39. The van der Waals surface area contributed by atoms with Crippen LogP contribution in [0.3, 0.4) is 0 Å². The van der Waals surface area contributed by atoms with E-state index in [1.807, 2.05) is 6.92 Å². The third kappa shape index (κ3) is 2.89. The second kappa shape index (κ2) is 4.19. The molecule has 0 aliphatic rings. The summed E-state index contributed by atoms with van der Waals surface area (Å²) in [6, 6.07) is 5.18. The number of nitrogens with one attached hydrogen (secondary N) is 1. The number of sulfonamides is 1. The number of aryl methyl sites for hydroxylation is 1. The molecule has 0 aliphatic carbocycles. The summed E-state index contributed by atoms with van der Waals surface area (Å²) in [7, 11) is -3.24. The van der Waals surface area contributed by atoms with Crippen molar-refractivity contribution in [3.8, 4) is 0 Å². The molecule has 1 aromatic carbocycles. The van der Waals surface area contributed by atoms with Crippen LogP contribution < -0.4 is 4.72 Å². The van der Waals surface area contributed by atoms with E-state index >= 15 is 0 Å². The standard InChI is InChI=1S/C9H12ClNO2S/c1-3-14(12,13)11-9-5-4-7(2)6-8(9)10/h4-6,11H,3H2,1-2H3. The lowest BCUT2D eigenvalue weighted by atomic mass is 10.2. The van der Waals surface area contributed by atoms with Crippen LogP contribution in [0.15, 0.2) is 18.2 Å². The normalized spacial score (nSPS) is 11.4. The van der Waals surface area contributed by atoms with E-state index in [0.717, 1.165) is 5.56 Å². The first-order valence-electron chi connectivity index (χ1n) is 4.21. The first-order chi connectivity index (χ1) is 6.44. The molecule has 0 amide bonds. The van der Waals surface area contributed by atoms with Gasteiger partial charge in [-0.25, -0.2) is 8.42 Å². The van der Waals surface area contributed by atoms with Crippen LogP contribution >= 0.6 is 11.6 Å². The Bertz CT molecular complexity index is 428. The molecule has 0 radical (unpaired) electrons. The highest BCUT2D eigenvalue weighted by molar-refractivity contribution is 7.92. The minimum Gasteiger partial charge on any atom is -0.282 e. The first-order valence-corrected chi connectivity index (χ1v) is 6.24. The largest absolute Gasteiger partial charge is 0.282 e. The van der Waals surface area contributed by atoms with Gasteiger partial charge in [0.1, 0.15) is 0 Å². The van der Waals surface area contributed by atoms with Gasteiger partial charge in [0.25, 0.3) is 0 Å². The third-order valence-corrected chi connectivity index (χ3v) is 3.37. The molecule has 0 saturated heterocycles. The van der Waals surface area contributed by atoms with Gasteiger partial charge in [-0.3, -0.25) is 4.72 Å². The van der Waals surface area contributed by atoms with Crippen LogP contribution in [0.5, 0.6) is 0 Å². The third-order valence-electron chi connectivity index (χ3n) is 1.77. The Morgan fingerprint density at radius 2 is 2.07 bits per heavy atom. The van der Waals surface area contributed by atoms with Gasteiger partial charge in [0.2, 0.25) is 10.0 Å². The molecule has 14 heavy (non-hydrogen) atoms. The van der Waals surface area contributed by atoms with Gasteiger partial charge in [0.15, 0.2) is 0 Å². The highest BCUT2D eigenvalue weighted by Crippen LogP contribution is 2.23. The van der Waals surface area contributed by atoms with Crippen molar-refractivity contribution in [2.75, 3.05) is 10.5 Å². The Labute approximate surface area is 89.1 Å². The van der Waals surface area contributed by atoms with Gasteiger partial charge in [-0.15, -0.1) is 0 Å². The molecule has 0 atom stereocenters. The van der Waals surface area contributed by atoms with Crippen LogP contribution in [0.4, 0.5) is 5.69 Å². The van der Waals surface area contributed by atoms with Crippen LogP contribution in [0.1, 0.15) is 12.5 Å². The number of rotatable bonds is 3. The quantitative estimate of drug-likeness (QED) is 0.872. The van der Waals surface area contributed by atoms with Crippen molar-refractivity contribution in [2.24, 2.45) is 0 Å². The predicted molar refractivity (Wildman–Crippen MR) is 59.3 cm³/mol. The fraction of sp³-hybridized carbons (Fsp3) is 0.333. The fourth-order valence-corrected chi connectivity index (χ4v) is 1.94. The Balaban J connectivity index is 2.99. The predicted octanol–water partition coefficient (Wildman–Crippen LogP) is 2.41. The lowest BCUT2D eigenvalue weighted by Crippen LogP contribution is -2.14. The van der Waals surface area contributed by atoms with Crippen molar-refractivity contribution in [3.05, 3.63) is 28.8 Å². The Morgan fingerprint density at radius 1 is 1.43 bits per heavy atom. The molecule has 1 rings (SSSR count). The van der Waals surface area contributed by atoms with Crippen LogP contribution in [-0.2, 0) is 10.0 Å². The minimum absolute atomic E-state index is 0.0389. The number of anilines is 1. The number of halogens is 1. The summed E-state index contributed by atoms with van der Waals surface area (Å²) in [5, 5.41) is 0.419. The maximum absolute atomic E-state index is 11.2. The van der Waals surface area contributed by atoms with E-state index in [9.17, 15) is 8.42 Å². The van der Waals surface area contributed by atoms with Crippen LogP contribution in [0.2, 0.25) is 5.02 Å². The molecule has 0 aliphatic heterocycles. The van der Waals surface area contributed by atoms with E-state index in [1.54, 1.807) is 25.1 Å². The summed E-state index contributed by atoms with van der Waals surface area (Å²) in [6.07, 6.45) is 0. The van der Waals surface area contributed by atoms with Crippen molar-refractivity contribution in [2.45, 2.75) is 13.8 Å². The first kappa shape index (κ1) is 11.3. The summed E-state index contributed by atoms with van der Waals surface area (Å²) in [5.41, 5.74) is 1.42. The summed E-state index contributed by atoms with van der Waals surface area (Å²) in [5.74, 6) is 0.0389. The second-order valence-electron chi connectivity index (χ2n) is 2.99. The smallest absolute Gasteiger partial charge is 0.232 e. The molecular weight excluding hydrogens is 222 g/mol. The number of benzene rings is 1. The van der Waals surface area contributed by atoms with Gasteiger partial charge in [-0.2, -0.15) is 0 Å². The molecule has 1 N–H and O–H groups in total. The zero-order valence-corrected chi connectivity index (χ0v) is 9.61. The average molecular weight is 234 g/mol. The van der Waals surface area contributed by atoms with Crippen molar-refractivity contribution < 1.29 is 8.42 Å². The maximum atomic E-state index is 11.2. The van der Waals surface area contributed by atoms with Gasteiger partial charge in [-0.05, 0) is 31.5 Å². The zero-order chi connectivity index (χ0) is 10.8.